The van der Waals surface area contributed by atoms with Crippen molar-refractivity contribution in [2.45, 2.75) is 29.9 Å². The molecule has 0 heterocycles. The van der Waals surface area contributed by atoms with Crippen LogP contribution in [0.5, 0.6) is 0 Å². The summed E-state index contributed by atoms with van der Waals surface area (Å²) in [4.78, 5) is 12.9. The molecule has 0 radical (unpaired) electrons. The molecule has 0 aromatic heterocycles. The third kappa shape index (κ3) is 4.65. The van der Waals surface area contributed by atoms with E-state index in [-0.39, 0.29) is 5.91 Å². The van der Waals surface area contributed by atoms with E-state index in [9.17, 15) is 9.00 Å². The summed E-state index contributed by atoms with van der Waals surface area (Å²) in [6, 6.07) is 17.0. The Balaban J connectivity index is 1.60. The average molecular weight is 339 g/mol. The third-order valence-electron chi connectivity index (χ3n) is 4.07. The zero-order chi connectivity index (χ0) is 16.8. The summed E-state index contributed by atoms with van der Waals surface area (Å²) < 4.78 is 12.4. The van der Waals surface area contributed by atoms with E-state index in [4.69, 9.17) is 0 Å². The van der Waals surface area contributed by atoms with Crippen LogP contribution in [0, 0.1) is 5.92 Å². The average Bonchev–Trinajstić information content (AvgIpc) is 3.08. The van der Waals surface area contributed by atoms with Crippen molar-refractivity contribution in [3.8, 4) is 0 Å². The second-order valence-corrected chi connectivity index (χ2v) is 7.47. The molecule has 1 aliphatic rings. The Morgan fingerprint density at radius 1 is 1.12 bits per heavy atom. The second-order valence-electron chi connectivity index (χ2n) is 6.02. The molecule has 0 fully saturated rings. The minimum Gasteiger partial charge on any atom is -0.326 e. The largest absolute Gasteiger partial charge is 0.326 e. The van der Waals surface area contributed by atoms with E-state index in [2.05, 4.69) is 17.5 Å². The van der Waals surface area contributed by atoms with Crippen molar-refractivity contribution in [2.24, 2.45) is 5.92 Å². The van der Waals surface area contributed by atoms with Gasteiger partial charge in [-0.2, -0.15) is 0 Å². The molecule has 2 aromatic rings. The lowest BCUT2D eigenvalue weighted by Gasteiger charge is -2.10. The minimum absolute atomic E-state index is 0.0351. The van der Waals surface area contributed by atoms with Crippen LogP contribution in [0.4, 0.5) is 5.69 Å². The summed E-state index contributed by atoms with van der Waals surface area (Å²) in [6.45, 7) is 0. The SMILES string of the molecule is O=C(CC1C=CCC1)Nc1cccc(CS(=O)c2ccccc2)c1. The monoisotopic (exact) mass is 339 g/mol. The summed E-state index contributed by atoms with van der Waals surface area (Å²) in [5.41, 5.74) is 1.72. The number of allylic oxidation sites excluding steroid dienone is 2. The topological polar surface area (TPSA) is 46.2 Å². The highest BCUT2D eigenvalue weighted by Gasteiger charge is 2.14. The zero-order valence-corrected chi connectivity index (χ0v) is 14.3. The first-order valence-corrected chi connectivity index (χ1v) is 9.51. The van der Waals surface area contributed by atoms with Gasteiger partial charge in [0, 0.05) is 17.0 Å². The Kier molecular flexibility index (Phi) is 5.59. The van der Waals surface area contributed by atoms with Crippen molar-refractivity contribution in [2.75, 3.05) is 5.32 Å². The molecule has 4 heteroatoms. The first-order chi connectivity index (χ1) is 11.7. The quantitative estimate of drug-likeness (QED) is 0.798. The van der Waals surface area contributed by atoms with Gasteiger partial charge < -0.3 is 5.32 Å². The van der Waals surface area contributed by atoms with Gasteiger partial charge in [-0.25, -0.2) is 0 Å². The van der Waals surface area contributed by atoms with Gasteiger partial charge in [-0.05, 0) is 48.6 Å². The third-order valence-corrected chi connectivity index (χ3v) is 5.47. The van der Waals surface area contributed by atoms with Crippen molar-refractivity contribution in [1.29, 1.82) is 0 Å². The molecule has 1 amide bonds. The maximum Gasteiger partial charge on any atom is 0.224 e. The number of anilines is 1. The highest BCUT2D eigenvalue weighted by Crippen LogP contribution is 2.21. The Labute approximate surface area is 145 Å². The van der Waals surface area contributed by atoms with E-state index in [1.54, 1.807) is 0 Å². The van der Waals surface area contributed by atoms with Crippen molar-refractivity contribution < 1.29 is 9.00 Å². The van der Waals surface area contributed by atoms with Gasteiger partial charge in [-0.1, -0.05) is 42.5 Å². The fourth-order valence-electron chi connectivity index (χ4n) is 2.86. The number of carbonyl (C=O) groups is 1. The molecule has 0 aliphatic heterocycles. The van der Waals surface area contributed by atoms with E-state index in [0.29, 0.717) is 18.1 Å². The lowest BCUT2D eigenvalue weighted by molar-refractivity contribution is -0.116. The molecule has 2 atom stereocenters. The minimum atomic E-state index is -1.08. The first-order valence-electron chi connectivity index (χ1n) is 8.19. The lowest BCUT2D eigenvalue weighted by Crippen LogP contribution is -2.14. The Morgan fingerprint density at radius 2 is 1.96 bits per heavy atom. The number of hydrogen-bond donors (Lipinski definition) is 1. The number of benzene rings is 2. The number of amides is 1. The van der Waals surface area contributed by atoms with Crippen LogP contribution in [0.15, 0.2) is 71.6 Å². The van der Waals surface area contributed by atoms with Gasteiger partial charge in [0.1, 0.15) is 0 Å². The van der Waals surface area contributed by atoms with Crippen molar-refractivity contribution >= 4 is 22.4 Å². The van der Waals surface area contributed by atoms with Crippen LogP contribution in [0.2, 0.25) is 0 Å². The molecule has 124 valence electrons. The molecular weight excluding hydrogens is 318 g/mol. The molecule has 3 rings (SSSR count). The van der Waals surface area contributed by atoms with Gasteiger partial charge in [-0.15, -0.1) is 0 Å². The predicted octanol–water partition coefficient (Wildman–Crippen LogP) is 4.29. The molecule has 1 N–H and O–H groups in total. The van der Waals surface area contributed by atoms with E-state index in [0.717, 1.165) is 29.0 Å². The zero-order valence-electron chi connectivity index (χ0n) is 13.5. The molecule has 1 aliphatic carbocycles. The fraction of sp³-hybridized carbons (Fsp3) is 0.250. The molecule has 0 saturated carbocycles. The number of hydrogen-bond acceptors (Lipinski definition) is 2. The van der Waals surface area contributed by atoms with E-state index in [1.807, 2.05) is 54.6 Å². The molecule has 24 heavy (non-hydrogen) atoms. The van der Waals surface area contributed by atoms with Gasteiger partial charge in [-0.3, -0.25) is 9.00 Å². The van der Waals surface area contributed by atoms with E-state index in [1.165, 1.54) is 0 Å². The molecule has 0 saturated heterocycles. The summed E-state index contributed by atoms with van der Waals surface area (Å²) in [5.74, 6) is 0.839. The number of nitrogens with one attached hydrogen (secondary N) is 1. The summed E-state index contributed by atoms with van der Waals surface area (Å²) >= 11 is 0. The van der Waals surface area contributed by atoms with E-state index < -0.39 is 10.8 Å². The van der Waals surface area contributed by atoms with Crippen molar-refractivity contribution in [1.82, 2.24) is 0 Å². The second kappa shape index (κ2) is 8.06. The summed E-state index contributed by atoms with van der Waals surface area (Å²) in [6.07, 6.45) is 6.91. The van der Waals surface area contributed by atoms with Gasteiger partial charge in [0.2, 0.25) is 5.91 Å². The standard InChI is InChI=1S/C20H21NO2S/c22-20(14-16-7-4-5-8-16)21-18-10-6-9-17(13-18)15-24(23)19-11-2-1-3-12-19/h1-4,6-7,9-13,16H,5,8,14-15H2,(H,21,22). The fourth-order valence-corrected chi connectivity index (χ4v) is 3.97. The molecular formula is C20H21NO2S. The first kappa shape index (κ1) is 16.7. The maximum atomic E-state index is 12.4. The van der Waals surface area contributed by atoms with Crippen molar-refractivity contribution in [3.05, 3.63) is 72.3 Å². The Hall–Kier alpha value is -2.20. The van der Waals surface area contributed by atoms with E-state index >= 15 is 0 Å². The molecule has 0 spiro atoms. The number of carbonyl (C=O) groups excluding carboxylic acids is 1. The van der Waals surface area contributed by atoms with Crippen LogP contribution in [0.1, 0.15) is 24.8 Å². The van der Waals surface area contributed by atoms with Crippen LogP contribution >= 0.6 is 0 Å². The highest BCUT2D eigenvalue weighted by atomic mass is 32.2. The van der Waals surface area contributed by atoms with Crippen LogP contribution in [-0.2, 0) is 21.3 Å². The van der Waals surface area contributed by atoms with Crippen LogP contribution in [-0.4, -0.2) is 10.1 Å². The van der Waals surface area contributed by atoms with Crippen LogP contribution in [0.3, 0.4) is 0 Å². The molecule has 2 aromatic carbocycles. The predicted molar refractivity (Wildman–Crippen MR) is 98.1 cm³/mol. The Bertz CT molecular complexity index is 755. The highest BCUT2D eigenvalue weighted by molar-refractivity contribution is 7.84. The van der Waals surface area contributed by atoms with Gasteiger partial charge >= 0.3 is 0 Å². The Morgan fingerprint density at radius 3 is 2.71 bits per heavy atom. The molecule has 0 bridgehead atoms. The van der Waals surface area contributed by atoms with Crippen molar-refractivity contribution in [3.63, 3.8) is 0 Å². The lowest BCUT2D eigenvalue weighted by atomic mass is 10.0. The smallest absolute Gasteiger partial charge is 0.224 e. The van der Waals surface area contributed by atoms with Gasteiger partial charge in [0.25, 0.3) is 0 Å². The summed E-state index contributed by atoms with van der Waals surface area (Å²) in [7, 11) is -1.08. The van der Waals surface area contributed by atoms with Gasteiger partial charge in [0.05, 0.1) is 16.6 Å². The molecule has 3 nitrogen and oxygen atoms in total. The van der Waals surface area contributed by atoms with Crippen LogP contribution in [0.25, 0.3) is 0 Å². The van der Waals surface area contributed by atoms with Gasteiger partial charge in [0.15, 0.2) is 0 Å². The normalized spacial score (nSPS) is 17.6. The number of rotatable bonds is 6. The maximum absolute atomic E-state index is 12.4. The van der Waals surface area contributed by atoms with Crippen LogP contribution < -0.4 is 5.32 Å². The summed E-state index contributed by atoms with van der Waals surface area (Å²) in [5, 5.41) is 2.95. The molecule has 2 unspecified atom stereocenters.